The zero-order valence-electron chi connectivity index (χ0n) is 10.9. The monoisotopic (exact) mass is 288 g/mol. The molecule has 0 atom stereocenters. The molecule has 2 aromatic carbocycles. The minimum atomic E-state index is -0.632. The van der Waals surface area contributed by atoms with Crippen LogP contribution < -0.4 is 9.47 Å². The van der Waals surface area contributed by atoms with Crippen molar-refractivity contribution in [3.8, 4) is 23.3 Å². The van der Waals surface area contributed by atoms with Gasteiger partial charge in [0.15, 0.2) is 0 Å². The van der Waals surface area contributed by atoms with E-state index < -0.39 is 10.7 Å². The van der Waals surface area contributed by atoms with Crippen LogP contribution in [-0.4, -0.2) is 12.0 Å². The normalized spacial score (nSPS) is 9.76. The van der Waals surface area contributed by atoms with Gasteiger partial charge >= 0.3 is 5.69 Å². The van der Waals surface area contributed by atoms with Gasteiger partial charge in [-0.15, -0.1) is 0 Å². The Kier molecular flexibility index (Phi) is 4.00. The number of nitriles is 1. The fraction of sp³-hybridized carbons (Fsp3) is 0.0714. The fourth-order valence-electron chi connectivity index (χ4n) is 1.65. The number of nitro groups is 1. The van der Waals surface area contributed by atoms with E-state index in [2.05, 4.69) is 0 Å². The van der Waals surface area contributed by atoms with E-state index in [4.69, 9.17) is 14.7 Å². The van der Waals surface area contributed by atoms with Gasteiger partial charge in [0.25, 0.3) is 0 Å². The second-order valence-corrected chi connectivity index (χ2v) is 3.95. The van der Waals surface area contributed by atoms with Crippen LogP contribution in [0.15, 0.2) is 36.4 Å². The number of nitro benzene ring substituents is 1. The molecule has 0 heterocycles. The van der Waals surface area contributed by atoms with Crippen LogP contribution in [0, 0.1) is 27.3 Å². The largest absolute Gasteiger partial charge is 0.496 e. The number of hydrogen-bond donors (Lipinski definition) is 0. The van der Waals surface area contributed by atoms with Gasteiger partial charge in [-0.05, 0) is 30.3 Å². The highest BCUT2D eigenvalue weighted by Gasteiger charge is 2.18. The van der Waals surface area contributed by atoms with Crippen molar-refractivity contribution < 1.29 is 18.8 Å². The molecule has 2 rings (SSSR count). The predicted molar refractivity (Wildman–Crippen MR) is 70.8 cm³/mol. The molecule has 7 heteroatoms. The van der Waals surface area contributed by atoms with Gasteiger partial charge in [-0.2, -0.15) is 5.26 Å². The van der Waals surface area contributed by atoms with Crippen molar-refractivity contribution in [2.75, 3.05) is 7.11 Å². The van der Waals surface area contributed by atoms with Gasteiger partial charge in [-0.25, -0.2) is 4.39 Å². The summed E-state index contributed by atoms with van der Waals surface area (Å²) < 4.78 is 23.3. The van der Waals surface area contributed by atoms with Crippen molar-refractivity contribution in [2.45, 2.75) is 0 Å². The summed E-state index contributed by atoms with van der Waals surface area (Å²) in [6, 6.07) is 9.13. The van der Waals surface area contributed by atoms with E-state index in [1.165, 1.54) is 31.4 Å². The molecule has 0 fully saturated rings. The van der Waals surface area contributed by atoms with Crippen molar-refractivity contribution in [2.24, 2.45) is 0 Å². The van der Waals surface area contributed by atoms with Gasteiger partial charge in [0.2, 0.25) is 5.75 Å². The number of halogens is 1. The second-order valence-electron chi connectivity index (χ2n) is 3.95. The minimum absolute atomic E-state index is 0.0344. The van der Waals surface area contributed by atoms with Gasteiger partial charge in [-0.3, -0.25) is 10.1 Å². The highest BCUT2D eigenvalue weighted by Crippen LogP contribution is 2.35. The summed E-state index contributed by atoms with van der Waals surface area (Å²) >= 11 is 0. The number of hydrogen-bond acceptors (Lipinski definition) is 5. The molecule has 0 saturated heterocycles. The van der Waals surface area contributed by atoms with Gasteiger partial charge in [0, 0.05) is 0 Å². The fourth-order valence-corrected chi connectivity index (χ4v) is 1.65. The van der Waals surface area contributed by atoms with E-state index in [0.717, 1.165) is 12.1 Å². The number of nitrogens with zero attached hydrogens (tertiary/aromatic N) is 2. The maximum absolute atomic E-state index is 13.0. The first kappa shape index (κ1) is 14.3. The molecule has 21 heavy (non-hydrogen) atoms. The Labute approximate surface area is 119 Å². The van der Waals surface area contributed by atoms with Crippen LogP contribution in [0.4, 0.5) is 10.1 Å². The van der Waals surface area contributed by atoms with Crippen LogP contribution in [0.1, 0.15) is 5.56 Å². The molecule has 0 saturated carbocycles. The highest BCUT2D eigenvalue weighted by atomic mass is 19.1. The zero-order chi connectivity index (χ0) is 15.4. The third-order valence-corrected chi connectivity index (χ3v) is 2.64. The smallest absolute Gasteiger partial charge is 0.315 e. The lowest BCUT2D eigenvalue weighted by molar-refractivity contribution is -0.385. The highest BCUT2D eigenvalue weighted by molar-refractivity contribution is 5.54. The Balaban J connectivity index is 2.45. The van der Waals surface area contributed by atoms with Gasteiger partial charge in [0.1, 0.15) is 23.4 Å². The topological polar surface area (TPSA) is 85.4 Å². The molecule has 0 unspecified atom stereocenters. The lowest BCUT2D eigenvalue weighted by Gasteiger charge is -2.09. The van der Waals surface area contributed by atoms with Crippen molar-refractivity contribution >= 4 is 5.69 Å². The van der Waals surface area contributed by atoms with Gasteiger partial charge in [-0.1, -0.05) is 0 Å². The van der Waals surface area contributed by atoms with Crippen LogP contribution in [0.25, 0.3) is 0 Å². The summed E-state index contributed by atoms with van der Waals surface area (Å²) in [5, 5.41) is 20.0. The second kappa shape index (κ2) is 5.88. The molecule has 106 valence electrons. The van der Waals surface area contributed by atoms with Crippen LogP contribution in [0.3, 0.4) is 0 Å². The van der Waals surface area contributed by atoms with Crippen LogP contribution in [0.5, 0.6) is 17.2 Å². The Hall–Kier alpha value is -3.14. The number of methoxy groups -OCH3 is 1. The van der Waals surface area contributed by atoms with Gasteiger partial charge in [0.05, 0.1) is 23.7 Å². The van der Waals surface area contributed by atoms with Crippen molar-refractivity contribution in [3.05, 3.63) is 57.9 Å². The third kappa shape index (κ3) is 3.06. The lowest BCUT2D eigenvalue weighted by atomic mass is 10.2. The SMILES string of the molecule is COc1ccc(Oc2ccc(F)cc2C#N)c([N+](=O)[O-])c1. The average molecular weight is 288 g/mol. The van der Waals surface area contributed by atoms with Gasteiger partial charge < -0.3 is 9.47 Å². The van der Waals surface area contributed by atoms with Crippen LogP contribution in [-0.2, 0) is 0 Å². The first-order valence-corrected chi connectivity index (χ1v) is 5.75. The minimum Gasteiger partial charge on any atom is -0.496 e. The Morgan fingerprint density at radius 1 is 1.24 bits per heavy atom. The van der Waals surface area contributed by atoms with Crippen LogP contribution in [0.2, 0.25) is 0 Å². The molecule has 0 aromatic heterocycles. The van der Waals surface area contributed by atoms with E-state index in [1.54, 1.807) is 6.07 Å². The van der Waals surface area contributed by atoms with Crippen molar-refractivity contribution in [1.82, 2.24) is 0 Å². The molecular formula is C14H9FN2O4. The first-order valence-electron chi connectivity index (χ1n) is 5.75. The molecule has 0 amide bonds. The van der Waals surface area contributed by atoms with E-state index >= 15 is 0 Å². The van der Waals surface area contributed by atoms with Crippen molar-refractivity contribution in [3.63, 3.8) is 0 Å². The zero-order valence-corrected chi connectivity index (χ0v) is 10.9. The number of rotatable bonds is 4. The summed E-state index contributed by atoms with van der Waals surface area (Å²) in [5.41, 5.74) is -0.373. The summed E-state index contributed by atoms with van der Waals surface area (Å²) in [6.07, 6.45) is 0. The summed E-state index contributed by atoms with van der Waals surface area (Å²) in [6.45, 7) is 0. The average Bonchev–Trinajstić information content (AvgIpc) is 2.49. The molecule has 2 aromatic rings. The van der Waals surface area contributed by atoms with E-state index in [9.17, 15) is 14.5 Å². The summed E-state index contributed by atoms with van der Waals surface area (Å²) in [4.78, 5) is 10.4. The molecule has 0 aliphatic rings. The van der Waals surface area contributed by atoms with E-state index in [-0.39, 0.29) is 22.7 Å². The quantitative estimate of drug-likeness (QED) is 0.635. The predicted octanol–water partition coefficient (Wildman–Crippen LogP) is 3.41. The Morgan fingerprint density at radius 2 is 1.95 bits per heavy atom. The lowest BCUT2D eigenvalue weighted by Crippen LogP contribution is -1.96. The maximum atomic E-state index is 13.0. The summed E-state index contributed by atoms with van der Waals surface area (Å²) in [5.74, 6) is -0.326. The van der Waals surface area contributed by atoms with E-state index in [1.807, 2.05) is 0 Å². The Bertz CT molecular complexity index is 740. The molecule has 6 nitrogen and oxygen atoms in total. The molecule has 0 aliphatic heterocycles. The molecule has 0 bridgehead atoms. The number of ether oxygens (including phenoxy) is 2. The number of benzene rings is 2. The molecule has 0 aliphatic carbocycles. The van der Waals surface area contributed by atoms with Crippen molar-refractivity contribution in [1.29, 1.82) is 5.26 Å². The molecular weight excluding hydrogens is 279 g/mol. The van der Waals surface area contributed by atoms with E-state index in [0.29, 0.717) is 5.75 Å². The molecule has 0 radical (unpaired) electrons. The summed E-state index contributed by atoms with van der Waals surface area (Å²) in [7, 11) is 1.38. The third-order valence-electron chi connectivity index (χ3n) is 2.64. The first-order chi connectivity index (χ1) is 10.0. The maximum Gasteiger partial charge on any atom is 0.315 e. The standard InChI is InChI=1S/C14H9FN2O4/c1-20-11-3-5-14(12(7-11)17(18)19)21-13-4-2-10(15)6-9(13)8-16/h2-7H,1H3. The molecule has 0 spiro atoms. The Morgan fingerprint density at radius 3 is 2.57 bits per heavy atom. The van der Waals surface area contributed by atoms with Crippen LogP contribution >= 0.6 is 0 Å². The molecule has 0 N–H and O–H groups in total.